The molecule has 0 radical (unpaired) electrons. The highest BCUT2D eigenvalue weighted by Gasteiger charge is 2.06. The van der Waals surface area contributed by atoms with Crippen molar-refractivity contribution in [1.29, 1.82) is 0 Å². The van der Waals surface area contributed by atoms with E-state index in [2.05, 4.69) is 0 Å². The Morgan fingerprint density at radius 2 is 2.00 bits per heavy atom. The lowest BCUT2D eigenvalue weighted by molar-refractivity contribution is 0.0534. The van der Waals surface area contributed by atoms with E-state index in [0.29, 0.717) is 0 Å². The van der Waals surface area contributed by atoms with E-state index in [1.54, 1.807) is 0 Å². The Morgan fingerprint density at radius 1 is 1.29 bits per heavy atom. The zero-order chi connectivity index (χ0) is 10.6. The van der Waals surface area contributed by atoms with Crippen molar-refractivity contribution in [2.24, 2.45) is 0 Å². The van der Waals surface area contributed by atoms with Gasteiger partial charge in [-0.25, -0.2) is 8.78 Å². The molecule has 1 atom stereocenters. The van der Waals surface area contributed by atoms with Gasteiger partial charge in [0.2, 0.25) is 0 Å². The van der Waals surface area contributed by atoms with Crippen LogP contribution >= 0.6 is 0 Å². The number of halogens is 2. The lowest BCUT2D eigenvalue weighted by Gasteiger charge is -2.09. The number of aliphatic hydroxyl groups is 2. The summed E-state index contributed by atoms with van der Waals surface area (Å²) in [6.45, 7) is -0.606. The first-order valence-electron chi connectivity index (χ1n) is 4.00. The average molecular weight is 204 g/mol. The predicted octanol–water partition coefficient (Wildman–Crippen LogP) is 0.697. The molecule has 0 aromatic heterocycles. The molecule has 2 N–H and O–H groups in total. The number of rotatable bonds is 4. The minimum Gasteiger partial charge on any atom is -0.491 e. The lowest BCUT2D eigenvalue weighted by atomic mass is 10.3. The molecule has 0 saturated heterocycles. The minimum atomic E-state index is -1.02. The van der Waals surface area contributed by atoms with Crippen LogP contribution in [0.2, 0.25) is 0 Å². The molecule has 0 fully saturated rings. The fourth-order valence-electron chi connectivity index (χ4n) is 0.812. The molecule has 0 amide bonds. The van der Waals surface area contributed by atoms with Gasteiger partial charge < -0.3 is 14.9 Å². The second-order valence-electron chi connectivity index (χ2n) is 2.72. The Morgan fingerprint density at radius 3 is 2.57 bits per heavy atom. The van der Waals surface area contributed by atoms with Crippen LogP contribution in [0.5, 0.6) is 5.75 Å². The fourth-order valence-corrected chi connectivity index (χ4v) is 0.812. The molecule has 78 valence electrons. The third-order valence-electron chi connectivity index (χ3n) is 1.54. The van der Waals surface area contributed by atoms with Crippen molar-refractivity contribution in [2.45, 2.75) is 6.10 Å². The van der Waals surface area contributed by atoms with Crippen molar-refractivity contribution in [1.82, 2.24) is 0 Å². The van der Waals surface area contributed by atoms with Gasteiger partial charge in [-0.05, 0) is 12.1 Å². The van der Waals surface area contributed by atoms with E-state index in [1.807, 2.05) is 0 Å². The zero-order valence-corrected chi connectivity index (χ0v) is 7.28. The van der Waals surface area contributed by atoms with Gasteiger partial charge in [-0.15, -0.1) is 0 Å². The van der Waals surface area contributed by atoms with Crippen molar-refractivity contribution in [3.05, 3.63) is 29.8 Å². The van der Waals surface area contributed by atoms with Gasteiger partial charge in [0, 0.05) is 6.07 Å². The summed E-state index contributed by atoms with van der Waals surface area (Å²) in [5, 5.41) is 17.3. The van der Waals surface area contributed by atoms with Gasteiger partial charge in [-0.1, -0.05) is 0 Å². The third-order valence-corrected chi connectivity index (χ3v) is 1.54. The van der Waals surface area contributed by atoms with E-state index < -0.39 is 24.3 Å². The first kappa shape index (κ1) is 10.9. The van der Waals surface area contributed by atoms with Gasteiger partial charge in [-0.3, -0.25) is 0 Å². The van der Waals surface area contributed by atoms with E-state index in [9.17, 15) is 8.78 Å². The van der Waals surface area contributed by atoms with E-state index >= 15 is 0 Å². The second kappa shape index (κ2) is 4.88. The SMILES string of the molecule is OCC(O)COc1ccc(F)c(F)c1. The Labute approximate surface area is 79.6 Å². The lowest BCUT2D eigenvalue weighted by Crippen LogP contribution is -2.21. The highest BCUT2D eigenvalue weighted by Crippen LogP contribution is 2.15. The summed E-state index contributed by atoms with van der Waals surface area (Å²) in [4.78, 5) is 0. The van der Waals surface area contributed by atoms with Crippen LogP contribution in [0.4, 0.5) is 8.78 Å². The van der Waals surface area contributed by atoms with Crippen LogP contribution < -0.4 is 4.74 Å². The van der Waals surface area contributed by atoms with E-state index in [-0.39, 0.29) is 12.4 Å². The largest absolute Gasteiger partial charge is 0.491 e. The molecule has 0 aliphatic carbocycles. The van der Waals surface area contributed by atoms with Gasteiger partial charge in [0.05, 0.1) is 6.61 Å². The molecule has 14 heavy (non-hydrogen) atoms. The van der Waals surface area contributed by atoms with Crippen molar-refractivity contribution >= 4 is 0 Å². The molecule has 0 bridgehead atoms. The summed E-state index contributed by atoms with van der Waals surface area (Å²) in [6, 6.07) is 3.04. The number of hydrogen-bond acceptors (Lipinski definition) is 3. The first-order chi connectivity index (χ1) is 6.63. The van der Waals surface area contributed by atoms with Crippen LogP contribution in [0.1, 0.15) is 0 Å². The average Bonchev–Trinajstić information content (AvgIpc) is 2.19. The first-order valence-corrected chi connectivity index (χ1v) is 4.00. The quantitative estimate of drug-likeness (QED) is 0.758. The summed E-state index contributed by atoms with van der Waals surface area (Å²) >= 11 is 0. The van der Waals surface area contributed by atoms with E-state index in [4.69, 9.17) is 14.9 Å². The molecule has 1 unspecified atom stereocenters. The number of aliphatic hydroxyl groups excluding tert-OH is 2. The number of ether oxygens (including phenoxy) is 1. The Hall–Kier alpha value is -1.20. The van der Waals surface area contributed by atoms with Gasteiger partial charge >= 0.3 is 0 Å². The van der Waals surface area contributed by atoms with Gasteiger partial charge in [0.25, 0.3) is 0 Å². The molecule has 0 saturated carbocycles. The third kappa shape index (κ3) is 2.93. The summed E-state index contributed by atoms with van der Waals surface area (Å²) < 4.78 is 29.9. The summed E-state index contributed by atoms with van der Waals surface area (Å²) in [5.41, 5.74) is 0. The van der Waals surface area contributed by atoms with Crippen LogP contribution in [-0.2, 0) is 0 Å². The van der Waals surface area contributed by atoms with Crippen LogP contribution in [0.25, 0.3) is 0 Å². The summed E-state index contributed by atoms with van der Waals surface area (Å²) in [6.07, 6.45) is -1.02. The van der Waals surface area contributed by atoms with Crippen LogP contribution in [0.15, 0.2) is 18.2 Å². The highest BCUT2D eigenvalue weighted by atomic mass is 19.2. The molecule has 3 nitrogen and oxygen atoms in total. The number of hydrogen-bond donors (Lipinski definition) is 2. The van der Waals surface area contributed by atoms with Crippen molar-refractivity contribution in [3.8, 4) is 5.75 Å². The fraction of sp³-hybridized carbons (Fsp3) is 0.333. The predicted molar refractivity (Wildman–Crippen MR) is 44.9 cm³/mol. The maximum absolute atomic E-state index is 12.6. The molecular formula is C9H10F2O3. The van der Waals surface area contributed by atoms with Crippen molar-refractivity contribution in [3.63, 3.8) is 0 Å². The van der Waals surface area contributed by atoms with Crippen LogP contribution in [0, 0.1) is 11.6 Å². The maximum atomic E-state index is 12.6. The van der Waals surface area contributed by atoms with Crippen molar-refractivity contribution < 1.29 is 23.7 Å². The van der Waals surface area contributed by atoms with Crippen LogP contribution in [0.3, 0.4) is 0 Å². The maximum Gasteiger partial charge on any atom is 0.162 e. The normalized spacial score (nSPS) is 12.6. The molecule has 0 spiro atoms. The molecule has 1 aromatic carbocycles. The van der Waals surface area contributed by atoms with Crippen molar-refractivity contribution in [2.75, 3.05) is 13.2 Å². The highest BCUT2D eigenvalue weighted by molar-refractivity contribution is 5.23. The smallest absolute Gasteiger partial charge is 0.162 e. The molecule has 1 rings (SSSR count). The minimum absolute atomic E-state index is 0.108. The number of benzene rings is 1. The molecule has 1 aromatic rings. The summed E-state index contributed by atoms with van der Waals surface area (Å²) in [5.74, 6) is -1.86. The molecule has 0 aliphatic heterocycles. The van der Waals surface area contributed by atoms with Crippen LogP contribution in [-0.4, -0.2) is 29.5 Å². The molecule has 5 heteroatoms. The molecular weight excluding hydrogens is 194 g/mol. The zero-order valence-electron chi connectivity index (χ0n) is 7.28. The Bertz CT molecular complexity index is 304. The van der Waals surface area contributed by atoms with Gasteiger partial charge in [0.1, 0.15) is 18.5 Å². The van der Waals surface area contributed by atoms with Gasteiger partial charge in [-0.2, -0.15) is 0 Å². The second-order valence-corrected chi connectivity index (χ2v) is 2.72. The van der Waals surface area contributed by atoms with E-state index in [1.165, 1.54) is 6.07 Å². The monoisotopic (exact) mass is 204 g/mol. The van der Waals surface area contributed by atoms with Gasteiger partial charge in [0.15, 0.2) is 11.6 Å². The topological polar surface area (TPSA) is 49.7 Å². The Kier molecular flexibility index (Phi) is 3.79. The van der Waals surface area contributed by atoms with E-state index in [0.717, 1.165) is 12.1 Å². The Balaban J connectivity index is 2.55. The molecule has 0 aliphatic rings. The standard InChI is InChI=1S/C9H10F2O3/c10-8-2-1-7(3-9(8)11)14-5-6(13)4-12/h1-3,6,12-13H,4-5H2. The molecule has 0 heterocycles. The summed E-state index contributed by atoms with van der Waals surface area (Å²) in [7, 11) is 0.